The molecule has 2 bridgehead atoms. The number of nitrogens with zero attached hydrogens (tertiary/aromatic N) is 2. The number of carbonyl (C=O) groups excluding carboxylic acids is 3. The van der Waals surface area contributed by atoms with Crippen molar-refractivity contribution in [2.75, 3.05) is 34.6 Å². The summed E-state index contributed by atoms with van der Waals surface area (Å²) in [5, 5.41) is 1.74. The topological polar surface area (TPSA) is 143 Å². The number of nitrogens with one attached hydrogen (secondary N) is 2. The third-order valence-electron chi connectivity index (χ3n) is 13.2. The van der Waals surface area contributed by atoms with Crippen molar-refractivity contribution < 1.29 is 37.3 Å². The standard InChI is InChI=1S/C47H45Cl2N4O8P/c1-27-18-50-42-36(60-29(3)54)14-34-40(38(27)42)32(16-48)20-52(34)44(55)46-24-47(25-46,26-46)45(56)53-21-33(17-49)41-35(53)15-37(43-39(41)28(2)19-51-43)61-62(57,58-22-30-10-6-4-7-11-30)59-23-31-12-8-5-9-13-31/h4-15,18-19,32-33,50-51H,16-17,20-26H2,1-3H3/t32-,33-,46?,47?/m1/s1. The summed E-state index contributed by atoms with van der Waals surface area (Å²) >= 11 is 13.2. The zero-order chi connectivity index (χ0) is 43.1. The first-order valence-electron chi connectivity index (χ1n) is 20.8. The normalized spacial score (nSPS) is 22.3. The maximum absolute atomic E-state index is 14.9. The number of hydrogen-bond acceptors (Lipinski definition) is 8. The highest BCUT2D eigenvalue weighted by molar-refractivity contribution is 7.48. The molecular formula is C47H45Cl2N4O8P. The number of ether oxygens (including phenoxy) is 1. The number of phosphoric acid groups is 1. The lowest BCUT2D eigenvalue weighted by Crippen LogP contribution is -2.73. The fourth-order valence-electron chi connectivity index (χ4n) is 10.4. The molecule has 2 N–H and O–H groups in total. The maximum Gasteiger partial charge on any atom is 0.530 e. The van der Waals surface area contributed by atoms with Gasteiger partial charge in [0, 0.05) is 78.9 Å². The average Bonchev–Trinajstić information content (AvgIpc) is 4.02. The Morgan fingerprint density at radius 1 is 0.710 bits per heavy atom. The Morgan fingerprint density at radius 2 is 1.15 bits per heavy atom. The van der Waals surface area contributed by atoms with Crippen LogP contribution in [0.1, 0.15) is 71.4 Å². The number of phosphoric ester groups is 1. The molecule has 320 valence electrons. The van der Waals surface area contributed by atoms with E-state index in [9.17, 15) is 18.9 Å². The number of amides is 2. The van der Waals surface area contributed by atoms with Gasteiger partial charge in [-0.25, -0.2) is 4.57 Å². The molecule has 5 aliphatic rings. The number of aryl methyl sites for hydroxylation is 2. The zero-order valence-electron chi connectivity index (χ0n) is 34.5. The van der Waals surface area contributed by atoms with Crippen LogP contribution >= 0.6 is 31.0 Å². The number of rotatable bonds is 13. The Morgan fingerprint density at radius 3 is 1.58 bits per heavy atom. The van der Waals surface area contributed by atoms with Crippen LogP contribution in [0, 0.1) is 24.7 Å². The first-order chi connectivity index (χ1) is 29.9. The molecule has 15 heteroatoms. The van der Waals surface area contributed by atoms with Gasteiger partial charge in [0.15, 0.2) is 11.5 Å². The van der Waals surface area contributed by atoms with E-state index in [0.717, 1.165) is 44.2 Å². The number of anilines is 2. The van der Waals surface area contributed by atoms with Crippen molar-refractivity contribution >= 4 is 82.0 Å². The highest BCUT2D eigenvalue weighted by atomic mass is 35.5. The Labute approximate surface area is 368 Å². The van der Waals surface area contributed by atoms with E-state index in [0.29, 0.717) is 66.4 Å². The van der Waals surface area contributed by atoms with Gasteiger partial charge in [-0.15, -0.1) is 23.2 Å². The molecule has 0 radical (unpaired) electrons. The summed E-state index contributed by atoms with van der Waals surface area (Å²) in [7, 11) is -4.29. The summed E-state index contributed by atoms with van der Waals surface area (Å²) in [5.74, 6) is 0.251. The second-order valence-electron chi connectivity index (χ2n) is 17.3. The van der Waals surface area contributed by atoms with E-state index in [1.54, 1.807) is 21.9 Å². The van der Waals surface area contributed by atoms with Gasteiger partial charge in [-0.3, -0.25) is 23.4 Å². The predicted octanol–water partition coefficient (Wildman–Crippen LogP) is 10.3. The summed E-state index contributed by atoms with van der Waals surface area (Å²) in [4.78, 5) is 51.8. The lowest BCUT2D eigenvalue weighted by molar-refractivity contribution is -0.205. The number of hydrogen-bond donors (Lipinski definition) is 2. The van der Waals surface area contributed by atoms with Crippen LogP contribution in [-0.4, -0.2) is 52.6 Å². The van der Waals surface area contributed by atoms with Crippen molar-refractivity contribution in [3.63, 3.8) is 0 Å². The van der Waals surface area contributed by atoms with Crippen molar-refractivity contribution in [2.24, 2.45) is 10.8 Å². The van der Waals surface area contributed by atoms with Crippen molar-refractivity contribution in [1.29, 1.82) is 0 Å². The molecule has 3 saturated carbocycles. The van der Waals surface area contributed by atoms with Crippen LogP contribution in [-0.2, 0) is 41.2 Å². The van der Waals surface area contributed by atoms with Gasteiger partial charge in [0.05, 0.1) is 46.5 Å². The van der Waals surface area contributed by atoms with Crippen molar-refractivity contribution in [1.82, 2.24) is 9.97 Å². The highest BCUT2D eigenvalue weighted by Gasteiger charge is 2.76. The minimum atomic E-state index is -4.29. The molecule has 12 nitrogen and oxygen atoms in total. The van der Waals surface area contributed by atoms with Gasteiger partial charge in [-0.1, -0.05) is 60.7 Å². The first-order valence-corrected chi connectivity index (χ1v) is 23.3. The predicted molar refractivity (Wildman–Crippen MR) is 238 cm³/mol. The number of alkyl halides is 2. The van der Waals surface area contributed by atoms with E-state index in [1.165, 1.54) is 6.92 Å². The molecule has 0 unspecified atom stereocenters. The molecule has 2 aromatic heterocycles. The molecule has 3 aliphatic carbocycles. The largest absolute Gasteiger partial charge is 0.530 e. The Hall–Kier alpha value is -5.10. The number of esters is 1. The van der Waals surface area contributed by atoms with Gasteiger partial charge in [0.1, 0.15) is 0 Å². The zero-order valence-corrected chi connectivity index (χ0v) is 36.9. The highest BCUT2D eigenvalue weighted by Crippen LogP contribution is 2.75. The van der Waals surface area contributed by atoms with E-state index in [2.05, 4.69) is 9.97 Å². The van der Waals surface area contributed by atoms with E-state index < -0.39 is 24.6 Å². The number of carbonyl (C=O) groups is 3. The lowest BCUT2D eigenvalue weighted by atomic mass is 9.34. The molecule has 2 atom stereocenters. The van der Waals surface area contributed by atoms with E-state index >= 15 is 0 Å². The fourth-order valence-corrected chi connectivity index (χ4v) is 12.1. The van der Waals surface area contributed by atoms with Gasteiger partial charge in [0.2, 0.25) is 11.8 Å². The van der Waals surface area contributed by atoms with Crippen LogP contribution in [0.5, 0.6) is 11.5 Å². The molecule has 2 aliphatic heterocycles. The first kappa shape index (κ1) is 40.9. The van der Waals surface area contributed by atoms with Gasteiger partial charge in [-0.05, 0) is 66.5 Å². The van der Waals surface area contributed by atoms with Gasteiger partial charge in [-0.2, -0.15) is 0 Å². The molecule has 0 spiro atoms. The van der Waals surface area contributed by atoms with E-state index in [1.807, 2.05) is 86.9 Å². The van der Waals surface area contributed by atoms with Crippen molar-refractivity contribution in [3.05, 3.63) is 119 Å². The molecule has 3 fully saturated rings. The monoisotopic (exact) mass is 894 g/mol. The molecule has 4 aromatic carbocycles. The second-order valence-corrected chi connectivity index (χ2v) is 19.5. The summed E-state index contributed by atoms with van der Waals surface area (Å²) in [6.45, 7) is 5.99. The molecule has 6 aromatic rings. The summed E-state index contributed by atoms with van der Waals surface area (Å²) < 4.78 is 38.7. The van der Waals surface area contributed by atoms with Gasteiger partial charge >= 0.3 is 13.8 Å². The maximum atomic E-state index is 14.9. The van der Waals surface area contributed by atoms with Crippen molar-refractivity contribution in [3.8, 4) is 11.5 Å². The SMILES string of the molecule is CC(=O)Oc1cc2c(c3c(C)c[nH]c13)[C@H](CCl)CN2C(=O)C12CC(C(=O)N3C[C@@H](CCl)c4c3cc(OP(=O)(OCc3ccccc3)OCc3ccccc3)c3[nH]cc(C)c43)(C1)C2. The number of fused-ring (bicyclic) bond motifs is 6. The second kappa shape index (κ2) is 15.3. The van der Waals surface area contributed by atoms with Crippen LogP contribution in [0.3, 0.4) is 0 Å². The fraction of sp³-hybridized carbons (Fsp3) is 0.340. The summed E-state index contributed by atoms with van der Waals surface area (Å²) in [6, 6.07) is 22.2. The smallest absolute Gasteiger partial charge is 0.424 e. The Bertz CT molecular complexity index is 2780. The van der Waals surface area contributed by atoms with E-state index in [4.69, 9.17) is 41.5 Å². The molecule has 11 rings (SSSR count). The van der Waals surface area contributed by atoms with Gasteiger partial charge in [0.25, 0.3) is 0 Å². The minimum absolute atomic E-state index is 0.0222. The molecule has 2 amide bonds. The molecule has 0 saturated heterocycles. The van der Waals surface area contributed by atoms with Crippen LogP contribution in [0.15, 0.2) is 85.2 Å². The van der Waals surface area contributed by atoms with Gasteiger partial charge < -0.3 is 29.0 Å². The Balaban J connectivity index is 0.942. The van der Waals surface area contributed by atoms with Crippen LogP contribution in [0.4, 0.5) is 11.4 Å². The lowest BCUT2D eigenvalue weighted by Gasteiger charge is -2.69. The average molecular weight is 896 g/mol. The Kier molecular flexibility index (Phi) is 10.1. The van der Waals surface area contributed by atoms with Crippen LogP contribution in [0.25, 0.3) is 21.8 Å². The molecular weight excluding hydrogens is 850 g/mol. The third-order valence-corrected chi connectivity index (χ3v) is 15.3. The molecule has 4 heterocycles. The third kappa shape index (κ3) is 6.56. The minimum Gasteiger partial charge on any atom is -0.424 e. The molecule has 62 heavy (non-hydrogen) atoms. The van der Waals surface area contributed by atoms with Crippen LogP contribution in [0.2, 0.25) is 0 Å². The number of aromatic amines is 2. The number of aromatic nitrogens is 2. The number of benzene rings is 4. The van der Waals surface area contributed by atoms with Crippen LogP contribution < -0.4 is 19.1 Å². The summed E-state index contributed by atoms with van der Waals surface area (Å²) in [5.41, 5.74) is 6.49. The number of H-pyrrole nitrogens is 2. The summed E-state index contributed by atoms with van der Waals surface area (Å²) in [6.07, 6.45) is 4.93. The quantitative estimate of drug-likeness (QED) is 0.0505. The van der Waals surface area contributed by atoms with E-state index in [-0.39, 0.29) is 48.5 Å². The number of halogens is 2. The van der Waals surface area contributed by atoms with Crippen molar-refractivity contribution in [2.45, 2.75) is 65.1 Å².